The van der Waals surface area contributed by atoms with Crippen molar-refractivity contribution in [3.8, 4) is 34.3 Å². The highest BCUT2D eigenvalue weighted by molar-refractivity contribution is 6.36. The number of allylic oxidation sites excluding steroid dienone is 3. The second-order valence-corrected chi connectivity index (χ2v) is 8.70. The zero-order chi connectivity index (χ0) is 23.8. The van der Waals surface area contributed by atoms with Crippen LogP contribution in [0.3, 0.4) is 0 Å². The number of nitrogens with zero attached hydrogens (tertiary/aromatic N) is 3. The SMILES string of the molecule is CC1(F)CC=C(Oc2nc(C#N)nc(-c3ccc(Cl)cc3Cl)c2-c2ccc(Cl)cc2)C=C1F. The molecule has 0 spiro atoms. The van der Waals surface area contributed by atoms with E-state index in [0.717, 1.165) is 13.0 Å². The monoisotopic (exact) mass is 503 g/mol. The summed E-state index contributed by atoms with van der Waals surface area (Å²) in [6.45, 7) is 1.14. The first-order valence-electron chi connectivity index (χ1n) is 9.66. The van der Waals surface area contributed by atoms with E-state index in [-0.39, 0.29) is 23.9 Å². The van der Waals surface area contributed by atoms with Crippen LogP contribution in [0.4, 0.5) is 8.78 Å². The first-order chi connectivity index (χ1) is 15.7. The molecule has 9 heteroatoms. The molecule has 1 atom stereocenters. The minimum absolute atomic E-state index is 0.0253. The van der Waals surface area contributed by atoms with E-state index < -0.39 is 11.5 Å². The third-order valence-electron chi connectivity index (χ3n) is 4.96. The minimum Gasteiger partial charge on any atom is -0.438 e. The summed E-state index contributed by atoms with van der Waals surface area (Å²) < 4.78 is 34.3. The molecule has 1 unspecified atom stereocenters. The molecule has 4 rings (SSSR count). The van der Waals surface area contributed by atoms with Gasteiger partial charge >= 0.3 is 0 Å². The molecule has 0 amide bonds. The number of nitriles is 1. The van der Waals surface area contributed by atoms with Crippen molar-refractivity contribution in [3.05, 3.63) is 87.1 Å². The Balaban J connectivity index is 1.95. The summed E-state index contributed by atoms with van der Waals surface area (Å²) in [5.41, 5.74) is -0.339. The van der Waals surface area contributed by atoms with Crippen LogP contribution in [0.25, 0.3) is 22.4 Å². The van der Waals surface area contributed by atoms with Crippen molar-refractivity contribution in [2.24, 2.45) is 0 Å². The number of halogens is 5. The van der Waals surface area contributed by atoms with E-state index in [4.69, 9.17) is 39.5 Å². The first kappa shape index (κ1) is 23.2. The van der Waals surface area contributed by atoms with Crippen LogP contribution < -0.4 is 4.74 Å². The predicted molar refractivity (Wildman–Crippen MR) is 125 cm³/mol. The van der Waals surface area contributed by atoms with Gasteiger partial charge in [0, 0.05) is 28.1 Å². The summed E-state index contributed by atoms with van der Waals surface area (Å²) in [6, 6.07) is 13.5. The largest absolute Gasteiger partial charge is 0.438 e. The molecule has 1 aromatic heterocycles. The molecule has 1 aliphatic rings. The van der Waals surface area contributed by atoms with Gasteiger partial charge in [-0.05, 0) is 48.9 Å². The molecule has 1 heterocycles. The van der Waals surface area contributed by atoms with Gasteiger partial charge in [-0.25, -0.2) is 13.8 Å². The molecule has 0 aliphatic heterocycles. The summed E-state index contributed by atoms with van der Waals surface area (Å²) in [4.78, 5) is 8.56. The van der Waals surface area contributed by atoms with Gasteiger partial charge in [0.05, 0.1) is 16.3 Å². The lowest BCUT2D eigenvalue weighted by atomic mass is 9.97. The molecule has 4 nitrogen and oxygen atoms in total. The zero-order valence-corrected chi connectivity index (χ0v) is 19.3. The summed E-state index contributed by atoms with van der Waals surface area (Å²) in [6.07, 6.45) is 2.16. The number of hydrogen-bond acceptors (Lipinski definition) is 4. The molecule has 1 aliphatic carbocycles. The molecule has 0 bridgehead atoms. The molecular formula is C24H14Cl3F2N3O. The van der Waals surface area contributed by atoms with E-state index in [0.29, 0.717) is 37.5 Å². The molecular weight excluding hydrogens is 491 g/mol. The third kappa shape index (κ3) is 4.86. The Bertz CT molecular complexity index is 1350. The Labute approximate surface area is 203 Å². The lowest BCUT2D eigenvalue weighted by Gasteiger charge is -2.22. The smallest absolute Gasteiger partial charge is 0.236 e. The van der Waals surface area contributed by atoms with E-state index in [2.05, 4.69) is 9.97 Å². The van der Waals surface area contributed by atoms with Crippen LogP contribution in [0.15, 0.2) is 66.2 Å². The second kappa shape index (κ2) is 9.11. The Kier molecular flexibility index (Phi) is 6.40. The maximum absolute atomic E-state index is 14.2. The highest BCUT2D eigenvalue weighted by Crippen LogP contribution is 2.42. The van der Waals surface area contributed by atoms with Crippen LogP contribution in [0.2, 0.25) is 15.1 Å². The fourth-order valence-electron chi connectivity index (χ4n) is 3.22. The Morgan fingerprint density at radius 2 is 1.76 bits per heavy atom. The standard InChI is InChI=1S/C24H14Cl3F2N3O/c1-24(29)9-8-16(11-19(24)28)33-23-21(13-2-4-14(25)5-3-13)22(31-20(12-30)32-23)17-7-6-15(26)10-18(17)27/h2-8,10-11H,9H2,1H3. The van der Waals surface area contributed by atoms with Crippen LogP contribution >= 0.6 is 34.8 Å². The van der Waals surface area contributed by atoms with Crippen molar-refractivity contribution in [1.29, 1.82) is 5.26 Å². The second-order valence-electron chi connectivity index (χ2n) is 7.42. The van der Waals surface area contributed by atoms with Gasteiger partial charge in [0.1, 0.15) is 17.7 Å². The summed E-state index contributed by atoms with van der Waals surface area (Å²) in [5, 5.41) is 10.7. The van der Waals surface area contributed by atoms with Gasteiger partial charge in [0.15, 0.2) is 5.67 Å². The van der Waals surface area contributed by atoms with E-state index in [1.54, 1.807) is 42.5 Å². The van der Waals surface area contributed by atoms with Crippen molar-refractivity contribution in [2.75, 3.05) is 0 Å². The molecule has 0 N–H and O–H groups in total. The van der Waals surface area contributed by atoms with Crippen LogP contribution in [0, 0.1) is 11.3 Å². The Hall–Kier alpha value is -2.98. The van der Waals surface area contributed by atoms with Gasteiger partial charge in [0.2, 0.25) is 11.7 Å². The quantitative estimate of drug-likeness (QED) is 0.362. The van der Waals surface area contributed by atoms with E-state index in [9.17, 15) is 14.0 Å². The fraction of sp³-hybridized carbons (Fsp3) is 0.125. The van der Waals surface area contributed by atoms with Crippen LogP contribution in [0.1, 0.15) is 19.2 Å². The maximum Gasteiger partial charge on any atom is 0.236 e. The molecule has 0 saturated carbocycles. The normalized spacial score (nSPS) is 17.7. The predicted octanol–water partition coefficient (Wildman–Crippen LogP) is 7.89. The third-order valence-corrected chi connectivity index (χ3v) is 5.76. The summed E-state index contributed by atoms with van der Waals surface area (Å²) >= 11 is 18.5. The number of rotatable bonds is 4. The number of alkyl halides is 1. The molecule has 2 aromatic carbocycles. The number of benzene rings is 2. The molecule has 0 fully saturated rings. The van der Waals surface area contributed by atoms with Crippen LogP contribution in [-0.2, 0) is 0 Å². The summed E-state index contributed by atoms with van der Waals surface area (Å²) in [7, 11) is 0. The van der Waals surface area contributed by atoms with Gasteiger partial charge in [-0.3, -0.25) is 0 Å². The van der Waals surface area contributed by atoms with Crippen molar-refractivity contribution < 1.29 is 13.5 Å². The van der Waals surface area contributed by atoms with E-state index in [1.807, 2.05) is 6.07 Å². The molecule has 33 heavy (non-hydrogen) atoms. The van der Waals surface area contributed by atoms with E-state index in [1.165, 1.54) is 6.08 Å². The maximum atomic E-state index is 14.2. The van der Waals surface area contributed by atoms with Gasteiger partial charge in [0.25, 0.3) is 0 Å². The minimum atomic E-state index is -2.11. The van der Waals surface area contributed by atoms with Crippen molar-refractivity contribution in [2.45, 2.75) is 19.0 Å². The average Bonchev–Trinajstić information content (AvgIpc) is 2.77. The number of ether oxygens (including phenoxy) is 1. The van der Waals surface area contributed by atoms with Crippen molar-refractivity contribution in [1.82, 2.24) is 9.97 Å². The average molecular weight is 505 g/mol. The van der Waals surface area contributed by atoms with Crippen molar-refractivity contribution in [3.63, 3.8) is 0 Å². The summed E-state index contributed by atoms with van der Waals surface area (Å²) in [5.74, 6) is -1.14. The highest BCUT2D eigenvalue weighted by Gasteiger charge is 2.32. The lowest BCUT2D eigenvalue weighted by Crippen LogP contribution is -2.21. The van der Waals surface area contributed by atoms with Gasteiger partial charge in [-0.1, -0.05) is 46.9 Å². The van der Waals surface area contributed by atoms with Gasteiger partial charge in [-0.2, -0.15) is 10.2 Å². The number of hydrogen-bond donors (Lipinski definition) is 0. The molecule has 3 aromatic rings. The fourth-order valence-corrected chi connectivity index (χ4v) is 3.85. The first-order valence-corrected chi connectivity index (χ1v) is 10.8. The van der Waals surface area contributed by atoms with Crippen LogP contribution in [-0.4, -0.2) is 15.6 Å². The van der Waals surface area contributed by atoms with Crippen LogP contribution in [0.5, 0.6) is 5.88 Å². The Morgan fingerprint density at radius 1 is 1.06 bits per heavy atom. The molecule has 0 radical (unpaired) electrons. The van der Waals surface area contributed by atoms with Crippen molar-refractivity contribution >= 4 is 34.8 Å². The van der Waals surface area contributed by atoms with Gasteiger partial charge < -0.3 is 4.74 Å². The lowest BCUT2D eigenvalue weighted by molar-refractivity contribution is 0.194. The Morgan fingerprint density at radius 3 is 2.39 bits per heavy atom. The number of aromatic nitrogens is 2. The van der Waals surface area contributed by atoms with E-state index >= 15 is 0 Å². The topological polar surface area (TPSA) is 58.8 Å². The molecule has 0 saturated heterocycles. The highest BCUT2D eigenvalue weighted by atomic mass is 35.5. The molecule has 166 valence electrons. The van der Waals surface area contributed by atoms with Gasteiger partial charge in [-0.15, -0.1) is 0 Å². The zero-order valence-electron chi connectivity index (χ0n) is 17.0.